The van der Waals surface area contributed by atoms with E-state index >= 15 is 0 Å². The van der Waals surface area contributed by atoms with Crippen LogP contribution in [0.4, 0.5) is 4.39 Å². The summed E-state index contributed by atoms with van der Waals surface area (Å²) in [5.41, 5.74) is 4.10. The molecule has 0 spiro atoms. The van der Waals surface area contributed by atoms with Gasteiger partial charge in [-0.1, -0.05) is 12.1 Å². The van der Waals surface area contributed by atoms with Gasteiger partial charge in [-0.05, 0) is 48.9 Å². The van der Waals surface area contributed by atoms with Crippen molar-refractivity contribution in [2.75, 3.05) is 7.11 Å². The van der Waals surface area contributed by atoms with Crippen molar-refractivity contribution in [2.24, 2.45) is 5.10 Å². The minimum Gasteiger partial charge on any atom is -0.497 e. The molecule has 0 fully saturated rings. The molecule has 0 radical (unpaired) electrons. The minimum atomic E-state index is -0.376. The molecule has 7 heteroatoms. The van der Waals surface area contributed by atoms with E-state index in [1.54, 1.807) is 50.4 Å². The summed E-state index contributed by atoms with van der Waals surface area (Å²) in [6, 6.07) is 12.5. The number of carbonyl (C=O) groups is 2. The number of methoxy groups -OCH3 is 1. The number of hydrogen-bond acceptors (Lipinski definition) is 4. The molecule has 0 bridgehead atoms. The Kier molecular flexibility index (Phi) is 6.84. The van der Waals surface area contributed by atoms with Crippen LogP contribution in [0.5, 0.6) is 5.75 Å². The molecular formula is C19H20FN3O3. The lowest BCUT2D eigenvalue weighted by Crippen LogP contribution is -2.26. The first-order valence-corrected chi connectivity index (χ1v) is 7.96. The predicted octanol–water partition coefficient (Wildman–Crippen LogP) is 2.65. The van der Waals surface area contributed by atoms with Gasteiger partial charge in [0.1, 0.15) is 11.6 Å². The number of benzene rings is 2. The number of rotatable bonds is 7. The maximum absolute atomic E-state index is 12.8. The molecule has 6 nitrogen and oxygen atoms in total. The van der Waals surface area contributed by atoms with Crippen LogP contribution < -0.4 is 15.5 Å². The zero-order chi connectivity index (χ0) is 18.9. The lowest BCUT2D eigenvalue weighted by atomic mass is 10.2. The fourth-order valence-electron chi connectivity index (χ4n) is 2.09. The topological polar surface area (TPSA) is 79.8 Å². The monoisotopic (exact) mass is 357 g/mol. The van der Waals surface area contributed by atoms with Crippen LogP contribution in [0.15, 0.2) is 53.6 Å². The van der Waals surface area contributed by atoms with Crippen molar-refractivity contribution in [1.82, 2.24) is 10.7 Å². The second-order valence-electron chi connectivity index (χ2n) is 5.60. The molecular weight excluding hydrogens is 337 g/mol. The molecule has 136 valence electrons. The molecule has 0 aliphatic rings. The fourth-order valence-corrected chi connectivity index (χ4v) is 2.09. The van der Waals surface area contributed by atoms with Crippen LogP contribution in [0.1, 0.15) is 29.3 Å². The van der Waals surface area contributed by atoms with E-state index in [4.69, 9.17) is 4.74 Å². The number of amides is 2. The highest BCUT2D eigenvalue weighted by Crippen LogP contribution is 2.11. The average molecular weight is 357 g/mol. The van der Waals surface area contributed by atoms with Crippen LogP contribution in [0.2, 0.25) is 0 Å². The molecule has 26 heavy (non-hydrogen) atoms. The highest BCUT2D eigenvalue weighted by molar-refractivity contribution is 6.01. The smallest absolute Gasteiger partial charge is 0.271 e. The predicted molar refractivity (Wildman–Crippen MR) is 96.4 cm³/mol. The molecule has 2 aromatic carbocycles. The standard InChI is InChI=1S/C19H20FN3O3/c1-13(11-18(24)21-12-14-3-7-16(20)8-4-14)22-23-19(25)15-5-9-17(26-2)10-6-15/h3-10H,11-12H2,1-2H3,(H,21,24)(H,23,25). The number of ether oxygens (including phenoxy) is 1. The van der Waals surface area contributed by atoms with Crippen molar-refractivity contribution >= 4 is 17.5 Å². The average Bonchev–Trinajstić information content (AvgIpc) is 2.65. The van der Waals surface area contributed by atoms with Gasteiger partial charge in [-0.15, -0.1) is 0 Å². The first-order chi connectivity index (χ1) is 12.5. The molecule has 0 aliphatic heterocycles. The van der Waals surface area contributed by atoms with E-state index in [0.29, 0.717) is 23.6 Å². The van der Waals surface area contributed by atoms with Gasteiger partial charge in [-0.3, -0.25) is 9.59 Å². The lowest BCUT2D eigenvalue weighted by Gasteiger charge is -2.06. The zero-order valence-electron chi connectivity index (χ0n) is 14.6. The molecule has 0 heterocycles. The minimum absolute atomic E-state index is 0.0457. The number of hydrazone groups is 1. The number of carbonyl (C=O) groups excluding carboxylic acids is 2. The largest absolute Gasteiger partial charge is 0.497 e. The second-order valence-corrected chi connectivity index (χ2v) is 5.60. The van der Waals surface area contributed by atoms with Crippen molar-refractivity contribution in [2.45, 2.75) is 19.9 Å². The third-order valence-corrected chi connectivity index (χ3v) is 3.52. The van der Waals surface area contributed by atoms with Gasteiger partial charge in [0.2, 0.25) is 5.91 Å². The molecule has 0 unspecified atom stereocenters. The van der Waals surface area contributed by atoms with Crippen LogP contribution in [-0.2, 0) is 11.3 Å². The van der Waals surface area contributed by atoms with Gasteiger partial charge in [0.05, 0.1) is 13.5 Å². The van der Waals surface area contributed by atoms with Crippen LogP contribution in [0.25, 0.3) is 0 Å². The summed E-state index contributed by atoms with van der Waals surface area (Å²) in [6.07, 6.45) is 0.0457. The third-order valence-electron chi connectivity index (χ3n) is 3.52. The van der Waals surface area contributed by atoms with E-state index in [-0.39, 0.29) is 24.1 Å². The summed E-state index contributed by atoms with van der Waals surface area (Å²) in [5, 5.41) is 6.64. The Morgan fingerprint density at radius 3 is 2.35 bits per heavy atom. The van der Waals surface area contributed by atoms with E-state index < -0.39 is 0 Å². The fraction of sp³-hybridized carbons (Fsp3) is 0.211. The molecule has 2 N–H and O–H groups in total. The summed E-state index contributed by atoms with van der Waals surface area (Å²) < 4.78 is 17.9. The molecule has 0 aliphatic carbocycles. The summed E-state index contributed by atoms with van der Waals surface area (Å²) in [4.78, 5) is 23.9. The van der Waals surface area contributed by atoms with E-state index in [2.05, 4.69) is 15.8 Å². The van der Waals surface area contributed by atoms with Crippen LogP contribution >= 0.6 is 0 Å². The van der Waals surface area contributed by atoms with Crippen molar-refractivity contribution < 1.29 is 18.7 Å². The molecule has 0 atom stereocenters. The van der Waals surface area contributed by atoms with Crippen molar-refractivity contribution in [3.8, 4) is 5.75 Å². The summed E-state index contributed by atoms with van der Waals surface area (Å²) in [6.45, 7) is 1.94. The van der Waals surface area contributed by atoms with Gasteiger partial charge in [0.15, 0.2) is 0 Å². The van der Waals surface area contributed by atoms with Crippen LogP contribution in [0.3, 0.4) is 0 Å². The van der Waals surface area contributed by atoms with E-state index in [1.165, 1.54) is 12.1 Å². The number of nitrogens with zero attached hydrogens (tertiary/aromatic N) is 1. The van der Waals surface area contributed by atoms with Gasteiger partial charge < -0.3 is 10.1 Å². The lowest BCUT2D eigenvalue weighted by molar-refractivity contribution is -0.120. The Balaban J connectivity index is 1.79. The summed E-state index contributed by atoms with van der Waals surface area (Å²) in [7, 11) is 1.55. The van der Waals surface area contributed by atoms with Crippen LogP contribution in [-0.4, -0.2) is 24.6 Å². The third kappa shape index (κ3) is 6.01. The molecule has 0 saturated carbocycles. The molecule has 2 amide bonds. The Morgan fingerprint density at radius 2 is 1.73 bits per heavy atom. The van der Waals surface area contributed by atoms with E-state index in [1.807, 2.05) is 0 Å². The van der Waals surface area contributed by atoms with Gasteiger partial charge >= 0.3 is 0 Å². The highest BCUT2D eigenvalue weighted by Gasteiger charge is 2.07. The Morgan fingerprint density at radius 1 is 1.08 bits per heavy atom. The van der Waals surface area contributed by atoms with E-state index in [9.17, 15) is 14.0 Å². The van der Waals surface area contributed by atoms with Crippen molar-refractivity contribution in [3.63, 3.8) is 0 Å². The number of hydrogen-bond donors (Lipinski definition) is 2. The SMILES string of the molecule is COc1ccc(C(=O)NN=C(C)CC(=O)NCc2ccc(F)cc2)cc1. The molecule has 2 aromatic rings. The van der Waals surface area contributed by atoms with Crippen molar-refractivity contribution in [1.29, 1.82) is 0 Å². The first kappa shape index (κ1) is 19.1. The van der Waals surface area contributed by atoms with Gasteiger partial charge in [-0.25, -0.2) is 9.82 Å². The Hall–Kier alpha value is -3.22. The number of halogens is 1. The van der Waals surface area contributed by atoms with Crippen molar-refractivity contribution in [3.05, 3.63) is 65.5 Å². The molecule has 2 rings (SSSR count). The second kappa shape index (κ2) is 9.31. The maximum atomic E-state index is 12.8. The zero-order valence-corrected chi connectivity index (χ0v) is 14.6. The normalized spacial score (nSPS) is 11.0. The quantitative estimate of drug-likeness (QED) is 0.591. The maximum Gasteiger partial charge on any atom is 0.271 e. The molecule has 0 saturated heterocycles. The Bertz CT molecular complexity index is 787. The summed E-state index contributed by atoms with van der Waals surface area (Å²) in [5.74, 6) is -0.289. The summed E-state index contributed by atoms with van der Waals surface area (Å²) >= 11 is 0. The molecule has 0 aromatic heterocycles. The Labute approximate surface area is 151 Å². The van der Waals surface area contributed by atoms with Crippen LogP contribution in [0, 0.1) is 5.82 Å². The van der Waals surface area contributed by atoms with Gasteiger partial charge in [0, 0.05) is 17.8 Å². The van der Waals surface area contributed by atoms with Gasteiger partial charge in [-0.2, -0.15) is 5.10 Å². The number of nitrogens with one attached hydrogen (secondary N) is 2. The first-order valence-electron chi connectivity index (χ1n) is 7.96. The van der Waals surface area contributed by atoms with Gasteiger partial charge in [0.25, 0.3) is 5.91 Å². The highest BCUT2D eigenvalue weighted by atomic mass is 19.1. The van der Waals surface area contributed by atoms with E-state index in [0.717, 1.165) is 5.56 Å².